The first-order valence-corrected chi connectivity index (χ1v) is 7.58. The van der Waals surface area contributed by atoms with Crippen LogP contribution in [-0.4, -0.2) is 37.5 Å². The van der Waals surface area contributed by atoms with Crippen LogP contribution in [-0.2, 0) is 10.0 Å². The molecule has 1 aromatic carbocycles. The molecule has 0 aliphatic carbocycles. The quantitative estimate of drug-likeness (QED) is 0.892. The predicted octanol–water partition coefficient (Wildman–Crippen LogP) is 1.98. The summed E-state index contributed by atoms with van der Waals surface area (Å²) >= 11 is 2.95. The summed E-state index contributed by atoms with van der Waals surface area (Å²) in [6.45, 7) is 1.80. The van der Waals surface area contributed by atoms with Crippen molar-refractivity contribution in [2.45, 2.75) is 24.3 Å². The van der Waals surface area contributed by atoms with Crippen LogP contribution < -0.4 is 0 Å². The summed E-state index contributed by atoms with van der Waals surface area (Å²) in [6.07, 6.45) is -0.222. The second kappa shape index (κ2) is 6.10. The SMILES string of the molecule is CC(O)CCN(C)S(=O)(=O)c1ccc(F)c(Br)c1. The van der Waals surface area contributed by atoms with Crippen LogP contribution in [0.25, 0.3) is 0 Å². The fraction of sp³-hybridized carbons (Fsp3) is 0.455. The molecule has 1 atom stereocenters. The van der Waals surface area contributed by atoms with Gasteiger partial charge in [-0.1, -0.05) is 0 Å². The van der Waals surface area contributed by atoms with Crippen LogP contribution in [0.1, 0.15) is 13.3 Å². The molecule has 1 N–H and O–H groups in total. The first-order valence-electron chi connectivity index (χ1n) is 5.34. The number of rotatable bonds is 5. The van der Waals surface area contributed by atoms with E-state index in [4.69, 9.17) is 5.11 Å². The van der Waals surface area contributed by atoms with Crippen molar-refractivity contribution in [3.05, 3.63) is 28.5 Å². The molecule has 0 saturated heterocycles. The van der Waals surface area contributed by atoms with E-state index in [2.05, 4.69) is 15.9 Å². The second-order valence-electron chi connectivity index (χ2n) is 4.04. The van der Waals surface area contributed by atoms with Crippen molar-refractivity contribution in [2.24, 2.45) is 0 Å². The Hall–Kier alpha value is -0.500. The largest absolute Gasteiger partial charge is 0.393 e. The Labute approximate surface area is 115 Å². The smallest absolute Gasteiger partial charge is 0.242 e. The van der Waals surface area contributed by atoms with Crippen LogP contribution in [0.4, 0.5) is 4.39 Å². The Bertz CT molecular complexity index is 519. The first kappa shape index (κ1) is 15.6. The third-order valence-electron chi connectivity index (χ3n) is 2.46. The van der Waals surface area contributed by atoms with Gasteiger partial charge >= 0.3 is 0 Å². The normalized spacial score (nSPS) is 13.9. The highest BCUT2D eigenvalue weighted by molar-refractivity contribution is 9.10. The van der Waals surface area contributed by atoms with E-state index in [0.29, 0.717) is 6.42 Å². The number of halogens is 2. The zero-order valence-electron chi connectivity index (χ0n) is 10.1. The monoisotopic (exact) mass is 339 g/mol. The van der Waals surface area contributed by atoms with E-state index in [1.807, 2.05) is 0 Å². The predicted molar refractivity (Wildman–Crippen MR) is 70.2 cm³/mol. The number of aliphatic hydroxyl groups excluding tert-OH is 1. The van der Waals surface area contributed by atoms with Crippen LogP contribution in [0.2, 0.25) is 0 Å². The lowest BCUT2D eigenvalue weighted by Gasteiger charge is -2.18. The molecule has 0 aliphatic heterocycles. The van der Waals surface area contributed by atoms with Gasteiger partial charge in [0.25, 0.3) is 0 Å². The number of nitrogens with zero attached hydrogens (tertiary/aromatic N) is 1. The Morgan fingerprint density at radius 1 is 1.50 bits per heavy atom. The van der Waals surface area contributed by atoms with Gasteiger partial charge in [0, 0.05) is 13.6 Å². The summed E-state index contributed by atoms with van der Waals surface area (Å²) < 4.78 is 38.5. The lowest BCUT2D eigenvalue weighted by atomic mass is 10.3. The van der Waals surface area contributed by atoms with Gasteiger partial charge < -0.3 is 5.11 Å². The van der Waals surface area contributed by atoms with Crippen LogP contribution in [0.15, 0.2) is 27.6 Å². The number of benzene rings is 1. The molecule has 0 aromatic heterocycles. The minimum absolute atomic E-state index is 0.0175. The Balaban J connectivity index is 2.95. The van der Waals surface area contributed by atoms with E-state index in [-0.39, 0.29) is 15.9 Å². The van der Waals surface area contributed by atoms with E-state index < -0.39 is 21.9 Å². The lowest BCUT2D eigenvalue weighted by molar-refractivity contribution is 0.177. The van der Waals surface area contributed by atoms with Gasteiger partial charge in [0.2, 0.25) is 10.0 Å². The molecule has 4 nitrogen and oxygen atoms in total. The number of aliphatic hydroxyl groups is 1. The first-order chi connectivity index (χ1) is 8.25. The third kappa shape index (κ3) is 3.74. The number of hydrogen-bond acceptors (Lipinski definition) is 3. The highest BCUT2D eigenvalue weighted by atomic mass is 79.9. The fourth-order valence-electron chi connectivity index (χ4n) is 1.31. The van der Waals surface area contributed by atoms with Crippen molar-refractivity contribution in [1.29, 1.82) is 0 Å². The maximum atomic E-state index is 13.1. The number of sulfonamides is 1. The minimum Gasteiger partial charge on any atom is -0.393 e. The minimum atomic E-state index is -3.65. The Kier molecular flexibility index (Phi) is 5.27. The molecule has 102 valence electrons. The van der Waals surface area contributed by atoms with Crippen LogP contribution in [0.3, 0.4) is 0 Å². The van der Waals surface area contributed by atoms with Gasteiger partial charge in [-0.05, 0) is 47.5 Å². The van der Waals surface area contributed by atoms with E-state index in [9.17, 15) is 12.8 Å². The molecule has 0 fully saturated rings. The summed E-state index contributed by atoms with van der Waals surface area (Å²) in [5, 5.41) is 9.14. The van der Waals surface area contributed by atoms with Gasteiger partial charge in [-0.15, -0.1) is 0 Å². The second-order valence-corrected chi connectivity index (χ2v) is 6.94. The van der Waals surface area contributed by atoms with Crippen LogP contribution >= 0.6 is 15.9 Å². The van der Waals surface area contributed by atoms with E-state index >= 15 is 0 Å². The zero-order valence-corrected chi connectivity index (χ0v) is 12.5. The van der Waals surface area contributed by atoms with Gasteiger partial charge in [0.1, 0.15) is 5.82 Å². The molecule has 0 amide bonds. The van der Waals surface area contributed by atoms with Crippen molar-refractivity contribution < 1.29 is 17.9 Å². The summed E-state index contributed by atoms with van der Waals surface area (Å²) in [5.41, 5.74) is 0. The van der Waals surface area contributed by atoms with Crippen molar-refractivity contribution >= 4 is 26.0 Å². The van der Waals surface area contributed by atoms with Crippen molar-refractivity contribution in [3.8, 4) is 0 Å². The van der Waals surface area contributed by atoms with Gasteiger partial charge in [-0.25, -0.2) is 17.1 Å². The van der Waals surface area contributed by atoms with Gasteiger partial charge in [-0.2, -0.15) is 0 Å². The molecule has 0 saturated carbocycles. The highest BCUT2D eigenvalue weighted by Gasteiger charge is 2.21. The molecule has 0 aliphatic rings. The van der Waals surface area contributed by atoms with E-state index in [1.165, 1.54) is 19.2 Å². The molecule has 18 heavy (non-hydrogen) atoms. The van der Waals surface area contributed by atoms with Crippen molar-refractivity contribution in [1.82, 2.24) is 4.31 Å². The van der Waals surface area contributed by atoms with Gasteiger partial charge in [0.05, 0.1) is 15.5 Å². The number of hydrogen-bond donors (Lipinski definition) is 1. The maximum Gasteiger partial charge on any atom is 0.242 e. The topological polar surface area (TPSA) is 57.6 Å². The summed E-state index contributed by atoms with van der Waals surface area (Å²) in [6, 6.07) is 3.54. The molecular weight excluding hydrogens is 325 g/mol. The summed E-state index contributed by atoms with van der Waals surface area (Å²) in [4.78, 5) is 0.0175. The Morgan fingerprint density at radius 3 is 2.61 bits per heavy atom. The van der Waals surface area contributed by atoms with Crippen LogP contribution in [0.5, 0.6) is 0 Å². The van der Waals surface area contributed by atoms with Gasteiger partial charge in [-0.3, -0.25) is 0 Å². The average Bonchev–Trinajstić information content (AvgIpc) is 2.29. The molecule has 1 rings (SSSR count). The standard InChI is InChI=1S/C11H15BrFNO3S/c1-8(15)5-6-14(2)18(16,17)9-3-4-11(13)10(12)7-9/h3-4,7-8,15H,5-6H2,1-2H3. The highest BCUT2D eigenvalue weighted by Crippen LogP contribution is 2.22. The summed E-state index contributed by atoms with van der Waals surface area (Å²) in [5.74, 6) is -0.513. The Morgan fingerprint density at radius 2 is 2.11 bits per heavy atom. The van der Waals surface area contributed by atoms with Gasteiger partial charge in [0.15, 0.2) is 0 Å². The zero-order chi connectivity index (χ0) is 13.9. The average molecular weight is 340 g/mol. The molecule has 1 aromatic rings. The van der Waals surface area contributed by atoms with Crippen LogP contribution in [0, 0.1) is 5.82 Å². The molecule has 0 bridgehead atoms. The lowest BCUT2D eigenvalue weighted by Crippen LogP contribution is -2.29. The maximum absolute atomic E-state index is 13.1. The third-order valence-corrected chi connectivity index (χ3v) is 4.92. The molecule has 1 unspecified atom stereocenters. The van der Waals surface area contributed by atoms with E-state index in [0.717, 1.165) is 10.4 Å². The summed E-state index contributed by atoms with van der Waals surface area (Å²) in [7, 11) is -2.22. The molecular formula is C11H15BrFNO3S. The van der Waals surface area contributed by atoms with Crippen molar-refractivity contribution in [2.75, 3.05) is 13.6 Å². The molecule has 0 spiro atoms. The van der Waals surface area contributed by atoms with Crippen molar-refractivity contribution in [3.63, 3.8) is 0 Å². The molecule has 0 radical (unpaired) electrons. The van der Waals surface area contributed by atoms with E-state index in [1.54, 1.807) is 6.92 Å². The molecule has 7 heteroatoms. The molecule has 0 heterocycles. The fourth-order valence-corrected chi connectivity index (χ4v) is 3.05.